The number of hydrogen-bond donors (Lipinski definition) is 0. The molecule has 0 fully saturated rings. The molecule has 1 rings (SSSR count). The molecule has 0 radical (unpaired) electrons. The van der Waals surface area contributed by atoms with Gasteiger partial charge in [0.25, 0.3) is 0 Å². The molecule has 0 atom stereocenters. The molecular formula is C14H16N2S2. The summed E-state index contributed by atoms with van der Waals surface area (Å²) in [6, 6.07) is 9.96. The zero-order chi connectivity index (χ0) is 13.5. The Morgan fingerprint density at radius 3 is 2.33 bits per heavy atom. The molecule has 1 aromatic carbocycles. The second-order valence-corrected chi connectivity index (χ2v) is 3.66. The van der Waals surface area contributed by atoms with Crippen molar-refractivity contribution in [3.05, 3.63) is 48.6 Å². The first-order valence-corrected chi connectivity index (χ1v) is 6.39. The fourth-order valence-electron chi connectivity index (χ4n) is 1.07. The lowest BCUT2D eigenvalue weighted by atomic mass is 10.2. The Morgan fingerprint density at radius 1 is 1.11 bits per heavy atom. The summed E-state index contributed by atoms with van der Waals surface area (Å²) >= 11 is 8.79. The van der Waals surface area contributed by atoms with Crippen LogP contribution in [-0.4, -0.2) is 16.9 Å². The highest BCUT2D eigenvalue weighted by atomic mass is 32.1. The van der Waals surface area contributed by atoms with E-state index in [1.807, 2.05) is 36.4 Å². The summed E-state index contributed by atoms with van der Waals surface area (Å²) in [6.07, 6.45) is 3.92. The van der Waals surface area contributed by atoms with Gasteiger partial charge < -0.3 is 0 Å². The van der Waals surface area contributed by atoms with Crippen molar-refractivity contribution in [2.24, 2.45) is 9.98 Å². The van der Waals surface area contributed by atoms with Gasteiger partial charge in [0.2, 0.25) is 0 Å². The van der Waals surface area contributed by atoms with Gasteiger partial charge in [-0.25, -0.2) is 9.98 Å². The molecule has 4 heteroatoms. The van der Waals surface area contributed by atoms with Crippen LogP contribution in [0.1, 0.15) is 18.4 Å². The maximum Gasteiger partial charge on any atom is 0.0743 e. The number of benzene rings is 1. The lowest BCUT2D eigenvalue weighted by molar-refractivity contribution is 0.862. The first-order chi connectivity index (χ1) is 8.85. The van der Waals surface area contributed by atoms with Crippen molar-refractivity contribution in [3.63, 3.8) is 0 Å². The smallest absolute Gasteiger partial charge is 0.0743 e. The number of unbranched alkanes of at least 4 members (excludes halogenated alkanes) is 1. The number of thiocarbonyl (C=S) groups is 2. The highest BCUT2D eigenvalue weighted by Crippen LogP contribution is 1.98. The van der Waals surface area contributed by atoms with Gasteiger partial charge >= 0.3 is 0 Å². The van der Waals surface area contributed by atoms with E-state index in [9.17, 15) is 0 Å². The summed E-state index contributed by atoms with van der Waals surface area (Å²) in [5, 5.41) is 4.63. The summed E-state index contributed by atoms with van der Waals surface area (Å²) in [6.45, 7) is 5.00. The number of rotatable bonds is 6. The van der Waals surface area contributed by atoms with Gasteiger partial charge in [-0.05, 0) is 42.8 Å². The van der Waals surface area contributed by atoms with Crippen LogP contribution in [0.25, 0.3) is 0 Å². The largest absolute Gasteiger partial charge is 0.233 e. The third-order valence-corrected chi connectivity index (χ3v) is 2.17. The summed E-state index contributed by atoms with van der Waals surface area (Å²) < 4.78 is 0. The standard InChI is InChI=1S/C8H7NS.C6H9NS/c10-7-9-6-8-4-2-1-3-5-8;1-2-3-4-5-7-6-8/h1-5H,6H2;2H,1,3-5H2. The van der Waals surface area contributed by atoms with E-state index in [-0.39, 0.29) is 0 Å². The lowest BCUT2D eigenvalue weighted by Crippen LogP contribution is -1.76. The molecule has 18 heavy (non-hydrogen) atoms. The molecule has 0 bridgehead atoms. The van der Waals surface area contributed by atoms with E-state index >= 15 is 0 Å². The predicted octanol–water partition coefficient (Wildman–Crippen LogP) is 4.34. The molecule has 0 amide bonds. The summed E-state index contributed by atoms with van der Waals surface area (Å²) in [4.78, 5) is 7.53. The fraction of sp³-hybridized carbons (Fsp3) is 0.286. The topological polar surface area (TPSA) is 24.7 Å². The molecule has 0 aliphatic heterocycles. The maximum atomic E-state index is 4.43. The number of allylic oxidation sites excluding steroid dienone is 1. The molecule has 0 unspecified atom stereocenters. The Bertz CT molecular complexity index is 417. The molecule has 2 nitrogen and oxygen atoms in total. The van der Waals surface area contributed by atoms with Crippen LogP contribution in [0.15, 0.2) is 53.0 Å². The molecule has 0 aliphatic carbocycles. The minimum atomic E-state index is 0.643. The third-order valence-electron chi connectivity index (χ3n) is 1.91. The number of isothiocyanates is 2. The van der Waals surface area contributed by atoms with Crippen LogP contribution in [-0.2, 0) is 6.54 Å². The Kier molecular flexibility index (Phi) is 12.5. The first-order valence-electron chi connectivity index (χ1n) is 5.57. The van der Waals surface area contributed by atoms with E-state index in [0.29, 0.717) is 6.54 Å². The van der Waals surface area contributed by atoms with Crippen LogP contribution in [0.2, 0.25) is 0 Å². The first kappa shape index (κ1) is 16.6. The van der Waals surface area contributed by atoms with Crippen LogP contribution < -0.4 is 0 Å². The average molecular weight is 276 g/mol. The number of hydrogen-bond acceptors (Lipinski definition) is 4. The fourth-order valence-corrected chi connectivity index (χ4v) is 1.22. The zero-order valence-corrected chi connectivity index (χ0v) is 11.8. The van der Waals surface area contributed by atoms with E-state index < -0.39 is 0 Å². The minimum absolute atomic E-state index is 0.643. The lowest BCUT2D eigenvalue weighted by Gasteiger charge is -1.90. The van der Waals surface area contributed by atoms with Crippen LogP contribution in [0.5, 0.6) is 0 Å². The van der Waals surface area contributed by atoms with Crippen LogP contribution in [0, 0.1) is 0 Å². The average Bonchev–Trinajstić information content (AvgIpc) is 2.43. The van der Waals surface area contributed by atoms with E-state index in [1.54, 1.807) is 0 Å². The van der Waals surface area contributed by atoms with E-state index in [0.717, 1.165) is 19.4 Å². The van der Waals surface area contributed by atoms with Gasteiger partial charge in [-0.2, -0.15) is 0 Å². The van der Waals surface area contributed by atoms with E-state index in [2.05, 4.69) is 51.3 Å². The minimum Gasteiger partial charge on any atom is -0.233 e. The Hall–Kier alpha value is -1.44. The molecule has 1 aromatic rings. The molecular weight excluding hydrogens is 260 g/mol. The van der Waals surface area contributed by atoms with Gasteiger partial charge in [-0.3, -0.25) is 0 Å². The third kappa shape index (κ3) is 11.1. The molecule has 0 saturated carbocycles. The molecule has 0 aromatic heterocycles. The highest BCUT2D eigenvalue weighted by molar-refractivity contribution is 7.78. The van der Waals surface area contributed by atoms with Crippen LogP contribution in [0.4, 0.5) is 0 Å². The Morgan fingerprint density at radius 2 is 1.78 bits per heavy atom. The van der Waals surface area contributed by atoms with Gasteiger partial charge in [0.15, 0.2) is 0 Å². The zero-order valence-electron chi connectivity index (χ0n) is 10.2. The quantitative estimate of drug-likeness (QED) is 0.334. The van der Waals surface area contributed by atoms with Crippen molar-refractivity contribution in [1.29, 1.82) is 0 Å². The summed E-state index contributed by atoms with van der Waals surface area (Å²) in [7, 11) is 0. The van der Waals surface area contributed by atoms with Crippen molar-refractivity contribution in [2.75, 3.05) is 6.54 Å². The monoisotopic (exact) mass is 276 g/mol. The maximum absolute atomic E-state index is 4.43. The number of aliphatic imine (C=N–C) groups is 2. The van der Waals surface area contributed by atoms with Gasteiger partial charge in [-0.15, -0.1) is 6.58 Å². The Balaban J connectivity index is 0.000000331. The number of nitrogens with zero attached hydrogens (tertiary/aromatic N) is 2. The van der Waals surface area contributed by atoms with Gasteiger partial charge in [0, 0.05) is 6.54 Å². The van der Waals surface area contributed by atoms with Crippen molar-refractivity contribution in [3.8, 4) is 0 Å². The van der Waals surface area contributed by atoms with E-state index in [1.165, 1.54) is 5.56 Å². The predicted molar refractivity (Wildman–Crippen MR) is 84.5 cm³/mol. The van der Waals surface area contributed by atoms with Crippen molar-refractivity contribution >= 4 is 34.8 Å². The van der Waals surface area contributed by atoms with Crippen LogP contribution in [0.3, 0.4) is 0 Å². The molecule has 0 heterocycles. The van der Waals surface area contributed by atoms with Gasteiger partial charge in [0.05, 0.1) is 16.9 Å². The molecule has 0 saturated heterocycles. The molecule has 0 aliphatic rings. The van der Waals surface area contributed by atoms with Crippen molar-refractivity contribution < 1.29 is 0 Å². The molecule has 0 spiro atoms. The molecule has 0 N–H and O–H groups in total. The second-order valence-electron chi connectivity index (χ2n) is 3.30. The van der Waals surface area contributed by atoms with Crippen LogP contribution >= 0.6 is 24.4 Å². The van der Waals surface area contributed by atoms with E-state index in [4.69, 9.17) is 0 Å². The second kappa shape index (κ2) is 13.6. The van der Waals surface area contributed by atoms with Crippen molar-refractivity contribution in [2.45, 2.75) is 19.4 Å². The SMILES string of the molecule is C=CCCCN=C=S.S=C=NCc1ccccc1. The molecule has 94 valence electrons. The summed E-state index contributed by atoms with van der Waals surface area (Å²) in [5.74, 6) is 0. The normalized spacial score (nSPS) is 8.00. The highest BCUT2D eigenvalue weighted by Gasteiger charge is 1.84. The van der Waals surface area contributed by atoms with Gasteiger partial charge in [0.1, 0.15) is 0 Å². The Labute approximate surface area is 119 Å². The van der Waals surface area contributed by atoms with Gasteiger partial charge in [-0.1, -0.05) is 36.4 Å². The summed E-state index contributed by atoms with van der Waals surface area (Å²) in [5.41, 5.74) is 1.17. The van der Waals surface area contributed by atoms with Crippen molar-refractivity contribution in [1.82, 2.24) is 0 Å².